The number of hydrogen-bond acceptors (Lipinski definition) is 6. The number of carbonyl (C=O) groups is 1. The van der Waals surface area contributed by atoms with Crippen molar-refractivity contribution in [2.45, 2.75) is 13.2 Å². The molecule has 0 saturated heterocycles. The van der Waals surface area contributed by atoms with Crippen LogP contribution in [-0.2, 0) is 22.7 Å². The summed E-state index contributed by atoms with van der Waals surface area (Å²) >= 11 is 0. The molecule has 0 N–H and O–H groups in total. The summed E-state index contributed by atoms with van der Waals surface area (Å²) in [5.41, 5.74) is 0.135. The number of aromatic nitrogens is 2. The SMILES string of the molecule is N#CCn1c(COC(=O)COc2ccc3ccccc3c2)nc2ccccc2c1=O. The smallest absolute Gasteiger partial charge is 0.344 e. The Hall–Kier alpha value is -4.18. The van der Waals surface area contributed by atoms with Gasteiger partial charge < -0.3 is 9.47 Å². The molecule has 0 saturated carbocycles. The van der Waals surface area contributed by atoms with Crippen molar-refractivity contribution in [3.63, 3.8) is 0 Å². The van der Waals surface area contributed by atoms with Crippen molar-refractivity contribution >= 4 is 27.6 Å². The molecule has 0 fully saturated rings. The van der Waals surface area contributed by atoms with Gasteiger partial charge in [-0.2, -0.15) is 5.26 Å². The first kappa shape index (κ1) is 19.2. The Kier molecular flexibility index (Phi) is 5.39. The average molecular weight is 399 g/mol. The first-order chi connectivity index (χ1) is 14.7. The van der Waals surface area contributed by atoms with Crippen LogP contribution in [0.5, 0.6) is 5.75 Å². The molecule has 0 bridgehead atoms. The van der Waals surface area contributed by atoms with Gasteiger partial charge >= 0.3 is 5.97 Å². The molecule has 1 heterocycles. The van der Waals surface area contributed by atoms with Crippen LogP contribution in [0.1, 0.15) is 5.82 Å². The summed E-state index contributed by atoms with van der Waals surface area (Å²) < 4.78 is 12.0. The van der Waals surface area contributed by atoms with Crippen molar-refractivity contribution in [1.82, 2.24) is 9.55 Å². The Morgan fingerprint density at radius 2 is 1.80 bits per heavy atom. The zero-order valence-corrected chi connectivity index (χ0v) is 15.9. The van der Waals surface area contributed by atoms with Gasteiger partial charge in [-0.15, -0.1) is 0 Å². The van der Waals surface area contributed by atoms with Crippen LogP contribution >= 0.6 is 0 Å². The monoisotopic (exact) mass is 399 g/mol. The molecule has 3 aromatic carbocycles. The molecule has 4 aromatic rings. The first-order valence-corrected chi connectivity index (χ1v) is 9.28. The van der Waals surface area contributed by atoms with Crippen molar-refractivity contribution in [2.75, 3.05) is 6.61 Å². The Morgan fingerprint density at radius 1 is 1.03 bits per heavy atom. The molecule has 0 aliphatic rings. The van der Waals surface area contributed by atoms with Gasteiger partial charge in [-0.1, -0.05) is 42.5 Å². The van der Waals surface area contributed by atoms with Crippen LogP contribution in [0.4, 0.5) is 0 Å². The average Bonchev–Trinajstić information content (AvgIpc) is 2.78. The molecule has 7 nitrogen and oxygen atoms in total. The maximum absolute atomic E-state index is 12.6. The van der Waals surface area contributed by atoms with Crippen LogP contribution < -0.4 is 10.3 Å². The zero-order chi connectivity index (χ0) is 20.9. The first-order valence-electron chi connectivity index (χ1n) is 9.28. The maximum Gasteiger partial charge on any atom is 0.344 e. The lowest BCUT2D eigenvalue weighted by atomic mass is 10.1. The molecule has 7 heteroatoms. The van der Waals surface area contributed by atoms with Gasteiger partial charge in [-0.25, -0.2) is 9.78 Å². The van der Waals surface area contributed by atoms with Crippen LogP contribution in [0, 0.1) is 11.3 Å². The Bertz CT molecular complexity index is 1340. The molecular weight excluding hydrogens is 382 g/mol. The highest BCUT2D eigenvalue weighted by molar-refractivity contribution is 5.84. The van der Waals surface area contributed by atoms with E-state index < -0.39 is 5.97 Å². The highest BCUT2D eigenvalue weighted by Gasteiger charge is 2.13. The zero-order valence-electron chi connectivity index (χ0n) is 15.9. The third-order valence-corrected chi connectivity index (χ3v) is 4.61. The molecule has 0 atom stereocenters. The fourth-order valence-corrected chi connectivity index (χ4v) is 3.14. The normalized spacial score (nSPS) is 10.6. The molecule has 4 rings (SSSR count). The van der Waals surface area contributed by atoms with Crippen LogP contribution in [-0.4, -0.2) is 22.1 Å². The summed E-state index contributed by atoms with van der Waals surface area (Å²) in [4.78, 5) is 29.1. The number of benzene rings is 3. The highest BCUT2D eigenvalue weighted by Crippen LogP contribution is 2.20. The van der Waals surface area contributed by atoms with Crippen LogP contribution in [0.2, 0.25) is 0 Å². The van der Waals surface area contributed by atoms with Gasteiger partial charge in [0.15, 0.2) is 12.4 Å². The minimum Gasteiger partial charge on any atom is -0.482 e. The largest absolute Gasteiger partial charge is 0.482 e. The summed E-state index contributed by atoms with van der Waals surface area (Å²) in [5, 5.41) is 11.5. The van der Waals surface area contributed by atoms with E-state index in [0.717, 1.165) is 10.8 Å². The minimum absolute atomic E-state index is 0.183. The fourth-order valence-electron chi connectivity index (χ4n) is 3.14. The van der Waals surface area contributed by atoms with E-state index in [1.807, 2.05) is 42.5 Å². The van der Waals surface area contributed by atoms with E-state index in [-0.39, 0.29) is 31.1 Å². The second-order valence-electron chi connectivity index (χ2n) is 6.55. The number of carbonyl (C=O) groups excluding carboxylic acids is 1. The van der Waals surface area contributed by atoms with Gasteiger partial charge in [0.05, 0.1) is 17.0 Å². The van der Waals surface area contributed by atoms with Crippen LogP contribution in [0.25, 0.3) is 21.7 Å². The molecule has 0 amide bonds. The van der Waals surface area contributed by atoms with Crippen molar-refractivity contribution in [3.8, 4) is 11.8 Å². The highest BCUT2D eigenvalue weighted by atomic mass is 16.6. The summed E-state index contributed by atoms with van der Waals surface area (Å²) in [6.45, 7) is -0.701. The lowest BCUT2D eigenvalue weighted by Crippen LogP contribution is -2.26. The molecule has 1 aromatic heterocycles. The number of ether oxygens (including phenoxy) is 2. The second kappa shape index (κ2) is 8.45. The third kappa shape index (κ3) is 3.98. The van der Waals surface area contributed by atoms with Gasteiger partial charge in [0.2, 0.25) is 0 Å². The molecule has 0 radical (unpaired) electrons. The molecule has 148 valence electrons. The molecule has 0 aliphatic carbocycles. The van der Waals surface area contributed by atoms with E-state index in [1.165, 1.54) is 4.57 Å². The summed E-state index contributed by atoms with van der Waals surface area (Å²) in [6.07, 6.45) is 0. The maximum atomic E-state index is 12.6. The van der Waals surface area contributed by atoms with Gasteiger partial charge in [0.1, 0.15) is 18.9 Å². The van der Waals surface area contributed by atoms with Crippen molar-refractivity contribution in [1.29, 1.82) is 5.26 Å². The number of esters is 1. The molecular formula is C23H17N3O4. The lowest BCUT2D eigenvalue weighted by Gasteiger charge is -2.12. The number of hydrogen-bond donors (Lipinski definition) is 0. The Labute approximate surface area is 171 Å². The van der Waals surface area contributed by atoms with Gasteiger partial charge in [-0.05, 0) is 35.0 Å². The van der Waals surface area contributed by atoms with Gasteiger partial charge in [0, 0.05) is 0 Å². The van der Waals surface area contributed by atoms with Crippen molar-refractivity contribution in [2.24, 2.45) is 0 Å². The second-order valence-corrected chi connectivity index (χ2v) is 6.55. The molecule has 30 heavy (non-hydrogen) atoms. The van der Waals surface area contributed by atoms with E-state index in [2.05, 4.69) is 4.98 Å². The van der Waals surface area contributed by atoms with Crippen LogP contribution in [0.15, 0.2) is 71.5 Å². The summed E-state index contributed by atoms with van der Waals surface area (Å²) in [5.74, 6) is 0.157. The lowest BCUT2D eigenvalue weighted by molar-refractivity contribution is -0.147. The molecule has 0 unspecified atom stereocenters. The number of para-hydroxylation sites is 1. The summed E-state index contributed by atoms with van der Waals surface area (Å²) in [6, 6.07) is 22.1. The number of rotatable bonds is 6. The standard InChI is InChI=1S/C23H17N3O4/c24-11-12-26-21(25-20-8-4-3-7-19(20)23(26)28)14-30-22(27)15-29-18-10-9-16-5-1-2-6-17(16)13-18/h1-10,13H,12,14-15H2. The minimum atomic E-state index is -0.603. The third-order valence-electron chi connectivity index (χ3n) is 4.61. The van der Waals surface area contributed by atoms with Gasteiger partial charge in [0.25, 0.3) is 5.56 Å². The van der Waals surface area contributed by atoms with Crippen LogP contribution in [0.3, 0.4) is 0 Å². The van der Waals surface area contributed by atoms with E-state index in [9.17, 15) is 9.59 Å². The molecule has 0 aliphatic heterocycles. The fraction of sp³-hybridized carbons (Fsp3) is 0.130. The number of nitriles is 1. The van der Waals surface area contributed by atoms with Gasteiger partial charge in [-0.3, -0.25) is 9.36 Å². The van der Waals surface area contributed by atoms with Crippen molar-refractivity contribution in [3.05, 3.63) is 82.9 Å². The topological polar surface area (TPSA) is 94.2 Å². The predicted molar refractivity (Wildman–Crippen MR) is 111 cm³/mol. The van der Waals surface area contributed by atoms with E-state index in [4.69, 9.17) is 14.7 Å². The van der Waals surface area contributed by atoms with Crippen molar-refractivity contribution < 1.29 is 14.3 Å². The Balaban J connectivity index is 1.45. The summed E-state index contributed by atoms with van der Waals surface area (Å²) in [7, 11) is 0. The quantitative estimate of drug-likeness (QED) is 0.462. The number of nitrogens with zero attached hydrogens (tertiary/aromatic N) is 3. The molecule has 0 spiro atoms. The van der Waals surface area contributed by atoms with E-state index in [1.54, 1.807) is 30.3 Å². The number of fused-ring (bicyclic) bond motifs is 2. The predicted octanol–water partition coefficient (Wildman–Crippen LogP) is 3.20. The Morgan fingerprint density at radius 3 is 2.63 bits per heavy atom. The van der Waals surface area contributed by atoms with E-state index >= 15 is 0 Å². The van der Waals surface area contributed by atoms with E-state index in [0.29, 0.717) is 16.7 Å².